The van der Waals surface area contributed by atoms with Crippen LogP contribution in [0.3, 0.4) is 0 Å². The molecule has 5 nitrogen and oxygen atoms in total. The first kappa shape index (κ1) is 18.8. The molecule has 9 heteroatoms. The number of hydrogen-bond donors (Lipinski definition) is 3. The summed E-state index contributed by atoms with van der Waals surface area (Å²) in [6.45, 7) is 0.505. The van der Waals surface area contributed by atoms with Gasteiger partial charge in [-0.05, 0) is 37.1 Å². The van der Waals surface area contributed by atoms with Gasteiger partial charge < -0.3 is 20.9 Å². The molecule has 1 aromatic rings. The Morgan fingerprint density at radius 1 is 1.32 bits per heavy atom. The van der Waals surface area contributed by atoms with Gasteiger partial charge in [-0.25, -0.2) is 0 Å². The SMILES string of the molecule is I.NC(=NCC1(CO)CC1)Nc1ccc(OC(F)(F)F)cc1. The zero-order valence-corrected chi connectivity index (χ0v) is 13.9. The van der Waals surface area contributed by atoms with Gasteiger partial charge in [-0.1, -0.05) is 0 Å². The van der Waals surface area contributed by atoms with E-state index in [1.807, 2.05) is 0 Å². The van der Waals surface area contributed by atoms with Gasteiger partial charge >= 0.3 is 6.36 Å². The summed E-state index contributed by atoms with van der Waals surface area (Å²) in [6, 6.07) is 5.17. The van der Waals surface area contributed by atoms with Gasteiger partial charge in [0.2, 0.25) is 0 Å². The molecule has 124 valence electrons. The number of nitrogens with zero attached hydrogens (tertiary/aromatic N) is 1. The molecular formula is C13H17F3IN3O2. The second-order valence-corrected chi connectivity index (χ2v) is 5.06. The van der Waals surface area contributed by atoms with Crippen molar-refractivity contribution in [1.82, 2.24) is 0 Å². The maximum absolute atomic E-state index is 12.0. The fourth-order valence-corrected chi connectivity index (χ4v) is 1.72. The number of anilines is 1. The molecule has 0 aliphatic heterocycles. The molecular weight excluding hydrogens is 414 g/mol. The van der Waals surface area contributed by atoms with Crippen molar-refractivity contribution in [2.75, 3.05) is 18.5 Å². The third-order valence-corrected chi connectivity index (χ3v) is 3.24. The van der Waals surface area contributed by atoms with E-state index in [1.165, 1.54) is 24.3 Å². The minimum atomic E-state index is -4.71. The number of benzene rings is 1. The molecule has 0 unspecified atom stereocenters. The lowest BCUT2D eigenvalue weighted by Crippen LogP contribution is -2.24. The van der Waals surface area contributed by atoms with E-state index in [0.717, 1.165) is 12.8 Å². The lowest BCUT2D eigenvalue weighted by atomic mass is 10.1. The van der Waals surface area contributed by atoms with Gasteiger partial charge in [0, 0.05) is 11.1 Å². The van der Waals surface area contributed by atoms with Crippen LogP contribution in [0.1, 0.15) is 12.8 Å². The summed E-state index contributed by atoms with van der Waals surface area (Å²) in [6.07, 6.45) is -2.87. The molecule has 1 fully saturated rings. The molecule has 0 radical (unpaired) electrons. The zero-order valence-electron chi connectivity index (χ0n) is 11.6. The Kier molecular flexibility index (Phi) is 6.29. The molecule has 1 aliphatic carbocycles. The zero-order chi connectivity index (χ0) is 15.5. The van der Waals surface area contributed by atoms with Gasteiger partial charge in [0.1, 0.15) is 5.75 Å². The van der Waals surface area contributed by atoms with Crippen molar-refractivity contribution in [2.45, 2.75) is 19.2 Å². The third kappa shape index (κ3) is 5.87. The molecule has 0 amide bonds. The Balaban J connectivity index is 0.00000242. The summed E-state index contributed by atoms with van der Waals surface area (Å²) in [7, 11) is 0. The van der Waals surface area contributed by atoms with Crippen LogP contribution in [-0.2, 0) is 0 Å². The van der Waals surface area contributed by atoms with Crippen molar-refractivity contribution in [3.63, 3.8) is 0 Å². The van der Waals surface area contributed by atoms with Crippen LogP contribution in [0.5, 0.6) is 5.75 Å². The molecule has 0 bridgehead atoms. The monoisotopic (exact) mass is 431 g/mol. The molecule has 0 heterocycles. The van der Waals surface area contributed by atoms with E-state index in [0.29, 0.717) is 12.2 Å². The smallest absolute Gasteiger partial charge is 0.406 e. The number of aliphatic hydroxyl groups excluding tert-OH is 1. The second-order valence-electron chi connectivity index (χ2n) is 5.06. The molecule has 22 heavy (non-hydrogen) atoms. The number of hydrogen-bond acceptors (Lipinski definition) is 3. The van der Waals surface area contributed by atoms with Crippen LogP contribution >= 0.6 is 24.0 Å². The van der Waals surface area contributed by atoms with Crippen LogP contribution in [0.25, 0.3) is 0 Å². The van der Waals surface area contributed by atoms with Crippen molar-refractivity contribution >= 4 is 35.6 Å². The fourth-order valence-electron chi connectivity index (χ4n) is 1.72. The number of rotatable bonds is 5. The summed E-state index contributed by atoms with van der Waals surface area (Å²) in [5.41, 5.74) is 6.04. The topological polar surface area (TPSA) is 79.9 Å². The number of nitrogens with two attached hydrogens (primary N) is 1. The molecule has 1 saturated carbocycles. The molecule has 2 rings (SSSR count). The highest BCUT2D eigenvalue weighted by molar-refractivity contribution is 14.0. The maximum atomic E-state index is 12.0. The normalized spacial score (nSPS) is 16.6. The van der Waals surface area contributed by atoms with E-state index in [1.54, 1.807) is 0 Å². The van der Waals surface area contributed by atoms with Gasteiger partial charge in [-0.15, -0.1) is 37.1 Å². The minimum absolute atomic E-state index is 0. The summed E-state index contributed by atoms with van der Waals surface area (Å²) >= 11 is 0. The highest BCUT2D eigenvalue weighted by Crippen LogP contribution is 2.45. The van der Waals surface area contributed by atoms with Crippen molar-refractivity contribution in [2.24, 2.45) is 16.1 Å². The van der Waals surface area contributed by atoms with Gasteiger partial charge in [0.15, 0.2) is 5.96 Å². The van der Waals surface area contributed by atoms with E-state index in [-0.39, 0.29) is 47.7 Å². The van der Waals surface area contributed by atoms with E-state index in [2.05, 4.69) is 15.0 Å². The molecule has 1 aromatic carbocycles. The summed E-state index contributed by atoms with van der Waals surface area (Å²) in [5.74, 6) is -0.153. The Hall–Kier alpha value is -1.23. The van der Waals surface area contributed by atoms with E-state index in [9.17, 15) is 13.2 Å². The predicted molar refractivity (Wildman–Crippen MR) is 87.4 cm³/mol. The third-order valence-electron chi connectivity index (χ3n) is 3.24. The number of aliphatic hydroxyl groups is 1. The first-order valence-electron chi connectivity index (χ1n) is 6.36. The van der Waals surface area contributed by atoms with Crippen LogP contribution < -0.4 is 15.8 Å². The summed E-state index contributed by atoms with van der Waals surface area (Å²) in [5, 5.41) is 11.9. The van der Waals surface area contributed by atoms with Crippen molar-refractivity contribution < 1.29 is 23.0 Å². The van der Waals surface area contributed by atoms with Crippen molar-refractivity contribution in [3.05, 3.63) is 24.3 Å². The molecule has 0 atom stereocenters. The lowest BCUT2D eigenvalue weighted by molar-refractivity contribution is -0.274. The van der Waals surface area contributed by atoms with Gasteiger partial charge in [-0.3, -0.25) is 4.99 Å². The summed E-state index contributed by atoms with van der Waals surface area (Å²) in [4.78, 5) is 4.12. The average molecular weight is 431 g/mol. The molecule has 4 N–H and O–H groups in total. The van der Waals surface area contributed by atoms with Gasteiger partial charge in [0.05, 0.1) is 13.2 Å². The molecule has 1 aliphatic rings. The van der Waals surface area contributed by atoms with E-state index < -0.39 is 6.36 Å². The molecule has 0 spiro atoms. The number of ether oxygens (including phenoxy) is 1. The van der Waals surface area contributed by atoms with Crippen molar-refractivity contribution in [3.8, 4) is 5.75 Å². The largest absolute Gasteiger partial charge is 0.573 e. The maximum Gasteiger partial charge on any atom is 0.573 e. The van der Waals surface area contributed by atoms with E-state index >= 15 is 0 Å². The molecule has 0 aromatic heterocycles. The lowest BCUT2D eigenvalue weighted by Gasteiger charge is -2.11. The first-order valence-corrected chi connectivity index (χ1v) is 6.36. The minimum Gasteiger partial charge on any atom is -0.406 e. The average Bonchev–Trinajstić information content (AvgIpc) is 3.18. The Morgan fingerprint density at radius 2 is 1.91 bits per heavy atom. The van der Waals surface area contributed by atoms with E-state index in [4.69, 9.17) is 10.8 Å². The van der Waals surface area contributed by atoms with Gasteiger partial charge in [0.25, 0.3) is 0 Å². The Bertz CT molecular complexity index is 516. The summed E-state index contributed by atoms with van der Waals surface area (Å²) < 4.78 is 39.8. The van der Waals surface area contributed by atoms with Gasteiger partial charge in [-0.2, -0.15) is 0 Å². The van der Waals surface area contributed by atoms with Crippen LogP contribution in [0.15, 0.2) is 29.3 Å². The predicted octanol–water partition coefficient (Wildman–Crippen LogP) is 2.70. The Morgan fingerprint density at radius 3 is 2.36 bits per heavy atom. The van der Waals surface area contributed by atoms with Crippen LogP contribution in [0.2, 0.25) is 0 Å². The number of halogens is 4. The number of guanidine groups is 1. The second kappa shape index (κ2) is 7.36. The van der Waals surface area contributed by atoms with Crippen LogP contribution in [-0.4, -0.2) is 30.6 Å². The number of alkyl halides is 3. The van der Waals surface area contributed by atoms with Crippen LogP contribution in [0, 0.1) is 5.41 Å². The quantitative estimate of drug-likeness (QED) is 0.381. The standard InChI is InChI=1S/C13H16F3N3O2.HI/c14-13(15,16)21-10-3-1-9(2-4-10)19-11(17)18-7-12(8-20)5-6-12;/h1-4,20H,5-8H2,(H3,17,18,19);1H. The number of nitrogens with one attached hydrogen (secondary N) is 1. The fraction of sp³-hybridized carbons (Fsp3) is 0.462. The van der Waals surface area contributed by atoms with Crippen molar-refractivity contribution in [1.29, 1.82) is 0 Å². The first-order chi connectivity index (χ1) is 9.82. The Labute approximate surface area is 142 Å². The van der Waals surface area contributed by atoms with Crippen LogP contribution in [0.4, 0.5) is 18.9 Å². The highest BCUT2D eigenvalue weighted by atomic mass is 127. The molecule has 0 saturated heterocycles. The highest BCUT2D eigenvalue weighted by Gasteiger charge is 2.41. The number of aliphatic imine (C=N–C) groups is 1.